The van der Waals surface area contributed by atoms with Gasteiger partial charge in [0.1, 0.15) is 0 Å². The van der Waals surface area contributed by atoms with E-state index in [1.165, 1.54) is 0 Å². The highest BCUT2D eigenvalue weighted by Crippen LogP contribution is 2.17. The van der Waals surface area contributed by atoms with Crippen LogP contribution in [-0.2, 0) is 17.8 Å². The van der Waals surface area contributed by atoms with Crippen molar-refractivity contribution in [1.29, 1.82) is 0 Å². The van der Waals surface area contributed by atoms with E-state index in [9.17, 15) is 4.79 Å². The van der Waals surface area contributed by atoms with E-state index in [1.807, 2.05) is 31.2 Å². The molecule has 5 nitrogen and oxygen atoms in total. The molecule has 1 unspecified atom stereocenters. The Balaban J connectivity index is 1.63. The monoisotopic (exact) mass is 304 g/mol. The van der Waals surface area contributed by atoms with E-state index in [4.69, 9.17) is 11.6 Å². The molecule has 3 N–H and O–H groups in total. The molecule has 1 aliphatic rings. The SMILES string of the molecule is C[C@H](NC(=O)C1Cc2nc[nH]c2CN1)c1ccc(Cl)cc1. The number of carbonyl (C=O) groups excluding carboxylic acids is 1. The largest absolute Gasteiger partial charge is 0.348 e. The van der Waals surface area contributed by atoms with E-state index in [2.05, 4.69) is 20.6 Å². The molecule has 2 atom stereocenters. The topological polar surface area (TPSA) is 69.8 Å². The molecule has 3 rings (SSSR count). The summed E-state index contributed by atoms with van der Waals surface area (Å²) in [6.07, 6.45) is 2.28. The van der Waals surface area contributed by atoms with Crippen LogP contribution in [0.5, 0.6) is 0 Å². The Morgan fingerprint density at radius 2 is 2.19 bits per heavy atom. The second kappa shape index (κ2) is 5.87. The van der Waals surface area contributed by atoms with Crippen molar-refractivity contribution in [3.63, 3.8) is 0 Å². The summed E-state index contributed by atoms with van der Waals surface area (Å²) in [7, 11) is 0. The zero-order valence-corrected chi connectivity index (χ0v) is 12.4. The Labute approximate surface area is 128 Å². The number of H-pyrrole nitrogens is 1. The average Bonchev–Trinajstić information content (AvgIpc) is 2.95. The second-order valence-corrected chi connectivity index (χ2v) is 5.68. The maximum atomic E-state index is 12.3. The summed E-state index contributed by atoms with van der Waals surface area (Å²) < 4.78 is 0. The molecular formula is C15H17ClN4O. The number of aromatic nitrogens is 2. The van der Waals surface area contributed by atoms with Crippen molar-refractivity contribution >= 4 is 17.5 Å². The smallest absolute Gasteiger partial charge is 0.238 e. The van der Waals surface area contributed by atoms with Crippen LogP contribution < -0.4 is 10.6 Å². The number of rotatable bonds is 3. The van der Waals surface area contributed by atoms with Crippen LogP contribution in [0.25, 0.3) is 0 Å². The maximum Gasteiger partial charge on any atom is 0.238 e. The Morgan fingerprint density at radius 1 is 1.43 bits per heavy atom. The van der Waals surface area contributed by atoms with Gasteiger partial charge in [0.05, 0.1) is 29.8 Å². The molecule has 0 radical (unpaired) electrons. The molecule has 1 amide bonds. The van der Waals surface area contributed by atoms with Crippen molar-refractivity contribution in [1.82, 2.24) is 20.6 Å². The van der Waals surface area contributed by atoms with E-state index in [-0.39, 0.29) is 18.0 Å². The van der Waals surface area contributed by atoms with Gasteiger partial charge in [-0.3, -0.25) is 10.1 Å². The molecule has 0 saturated carbocycles. The number of amides is 1. The predicted octanol–water partition coefficient (Wildman–Crippen LogP) is 1.95. The molecule has 110 valence electrons. The summed E-state index contributed by atoms with van der Waals surface area (Å²) in [5.41, 5.74) is 3.06. The summed E-state index contributed by atoms with van der Waals surface area (Å²) in [5, 5.41) is 6.94. The highest BCUT2D eigenvalue weighted by Gasteiger charge is 2.26. The Morgan fingerprint density at radius 3 is 2.95 bits per heavy atom. The molecule has 0 bridgehead atoms. The molecule has 1 aromatic carbocycles. The fraction of sp³-hybridized carbons (Fsp3) is 0.333. The van der Waals surface area contributed by atoms with Crippen LogP contribution in [-0.4, -0.2) is 21.9 Å². The predicted molar refractivity (Wildman–Crippen MR) is 80.9 cm³/mol. The molecule has 6 heteroatoms. The van der Waals surface area contributed by atoms with Gasteiger partial charge in [-0.05, 0) is 24.6 Å². The number of nitrogens with zero attached hydrogens (tertiary/aromatic N) is 1. The molecule has 0 spiro atoms. The first-order chi connectivity index (χ1) is 10.1. The summed E-state index contributed by atoms with van der Waals surface area (Å²) >= 11 is 5.87. The molecule has 2 heterocycles. The number of imidazole rings is 1. The molecule has 2 aromatic rings. The number of nitrogens with one attached hydrogen (secondary N) is 3. The summed E-state index contributed by atoms with van der Waals surface area (Å²) in [6.45, 7) is 2.60. The Hall–Kier alpha value is -1.85. The molecule has 0 saturated heterocycles. The van der Waals surface area contributed by atoms with Crippen LogP contribution in [0, 0.1) is 0 Å². The number of hydrogen-bond donors (Lipinski definition) is 3. The molecule has 1 aliphatic heterocycles. The first-order valence-electron chi connectivity index (χ1n) is 6.94. The molecule has 0 fully saturated rings. The maximum absolute atomic E-state index is 12.3. The minimum Gasteiger partial charge on any atom is -0.348 e. The highest BCUT2D eigenvalue weighted by atomic mass is 35.5. The van der Waals surface area contributed by atoms with Gasteiger partial charge in [-0.15, -0.1) is 0 Å². The van der Waals surface area contributed by atoms with Gasteiger partial charge in [-0.2, -0.15) is 0 Å². The lowest BCUT2D eigenvalue weighted by Gasteiger charge is -2.24. The number of carbonyl (C=O) groups is 1. The average molecular weight is 305 g/mol. The zero-order chi connectivity index (χ0) is 14.8. The lowest BCUT2D eigenvalue weighted by Crippen LogP contribution is -2.48. The second-order valence-electron chi connectivity index (χ2n) is 5.25. The number of hydrogen-bond acceptors (Lipinski definition) is 3. The number of aromatic amines is 1. The highest BCUT2D eigenvalue weighted by molar-refractivity contribution is 6.30. The normalized spacial score (nSPS) is 18.9. The van der Waals surface area contributed by atoms with Crippen LogP contribution in [0.2, 0.25) is 5.02 Å². The van der Waals surface area contributed by atoms with Crippen LogP contribution in [0.1, 0.15) is 29.9 Å². The van der Waals surface area contributed by atoms with Gasteiger partial charge in [0.25, 0.3) is 0 Å². The van der Waals surface area contributed by atoms with Crippen molar-refractivity contribution in [2.75, 3.05) is 0 Å². The van der Waals surface area contributed by atoms with E-state index in [0.717, 1.165) is 17.0 Å². The number of halogens is 1. The first-order valence-corrected chi connectivity index (χ1v) is 7.31. The summed E-state index contributed by atoms with van der Waals surface area (Å²) in [6, 6.07) is 7.21. The van der Waals surface area contributed by atoms with Gasteiger partial charge in [0.15, 0.2) is 0 Å². The van der Waals surface area contributed by atoms with Crippen molar-refractivity contribution < 1.29 is 4.79 Å². The fourth-order valence-corrected chi connectivity index (χ4v) is 2.63. The van der Waals surface area contributed by atoms with E-state index < -0.39 is 0 Å². The number of benzene rings is 1. The van der Waals surface area contributed by atoms with Crippen molar-refractivity contribution in [2.24, 2.45) is 0 Å². The molecular weight excluding hydrogens is 288 g/mol. The molecule has 1 aromatic heterocycles. The van der Waals surface area contributed by atoms with Crippen LogP contribution in [0.3, 0.4) is 0 Å². The fourth-order valence-electron chi connectivity index (χ4n) is 2.50. The lowest BCUT2D eigenvalue weighted by molar-refractivity contribution is -0.124. The van der Waals surface area contributed by atoms with Gasteiger partial charge >= 0.3 is 0 Å². The third kappa shape index (κ3) is 3.09. The third-order valence-corrected chi connectivity index (χ3v) is 4.03. The van der Waals surface area contributed by atoms with Crippen molar-refractivity contribution in [2.45, 2.75) is 32.0 Å². The minimum atomic E-state index is -0.240. The van der Waals surface area contributed by atoms with Gasteiger partial charge in [-0.1, -0.05) is 23.7 Å². The molecule has 0 aliphatic carbocycles. The van der Waals surface area contributed by atoms with Gasteiger partial charge in [-0.25, -0.2) is 4.98 Å². The molecule has 21 heavy (non-hydrogen) atoms. The zero-order valence-electron chi connectivity index (χ0n) is 11.7. The summed E-state index contributed by atoms with van der Waals surface area (Å²) in [5.74, 6) is -0.00824. The lowest BCUT2D eigenvalue weighted by atomic mass is 10.0. The minimum absolute atomic E-state index is 0.00824. The van der Waals surface area contributed by atoms with Crippen LogP contribution in [0.15, 0.2) is 30.6 Å². The van der Waals surface area contributed by atoms with Crippen LogP contribution >= 0.6 is 11.6 Å². The van der Waals surface area contributed by atoms with E-state index in [1.54, 1.807) is 6.33 Å². The van der Waals surface area contributed by atoms with Crippen molar-refractivity contribution in [3.05, 3.63) is 52.6 Å². The standard InChI is InChI=1S/C15H17ClN4O/c1-9(10-2-4-11(16)5-3-10)20-15(21)13-6-12-14(7-17-13)19-8-18-12/h2-5,8-9,13,17H,6-7H2,1H3,(H,18,19)(H,20,21)/t9-,13?/m0/s1. The number of fused-ring (bicyclic) bond motifs is 1. The Bertz CT molecular complexity index is 637. The van der Waals surface area contributed by atoms with Gasteiger partial charge < -0.3 is 10.3 Å². The van der Waals surface area contributed by atoms with Crippen molar-refractivity contribution in [3.8, 4) is 0 Å². The van der Waals surface area contributed by atoms with Gasteiger partial charge in [0, 0.05) is 18.0 Å². The van der Waals surface area contributed by atoms with E-state index >= 15 is 0 Å². The van der Waals surface area contributed by atoms with Gasteiger partial charge in [0.2, 0.25) is 5.91 Å². The summed E-state index contributed by atoms with van der Waals surface area (Å²) in [4.78, 5) is 19.7. The van der Waals surface area contributed by atoms with Crippen LogP contribution in [0.4, 0.5) is 0 Å². The third-order valence-electron chi connectivity index (χ3n) is 3.78. The quantitative estimate of drug-likeness (QED) is 0.812. The van der Waals surface area contributed by atoms with E-state index in [0.29, 0.717) is 18.0 Å². The Kier molecular flexibility index (Phi) is 3.94. The first kappa shape index (κ1) is 14.1.